The van der Waals surface area contributed by atoms with Crippen molar-refractivity contribution in [2.75, 3.05) is 13.1 Å². The highest BCUT2D eigenvalue weighted by Gasteiger charge is 2.33. The molecule has 0 saturated carbocycles. The molecule has 0 unspecified atom stereocenters. The highest BCUT2D eigenvalue weighted by Crippen LogP contribution is 2.19. The summed E-state index contributed by atoms with van der Waals surface area (Å²) in [6.07, 6.45) is -3.45. The van der Waals surface area contributed by atoms with Crippen LogP contribution in [0.2, 0.25) is 0 Å². The molecule has 0 bridgehead atoms. The van der Waals surface area contributed by atoms with Gasteiger partial charge in [0.05, 0.1) is 12.8 Å². The Bertz CT molecular complexity index is 731. The molecule has 2 rings (SSSR count). The quantitative estimate of drug-likeness (QED) is 0.724. The zero-order valence-electron chi connectivity index (χ0n) is 13.6. The number of halogens is 4. The standard InChI is InChI=1S/C17H16BrF3N2O3/c18-13-5-3-12(4-6-13)16(25)22-8-7-15(24)23(11-17(19,20)21)10-14-2-1-9-26-14/h1-6,9H,7-8,10-11H2,(H,22,25). The second-order valence-corrected chi connectivity index (χ2v) is 6.37. The fourth-order valence-electron chi connectivity index (χ4n) is 2.18. The van der Waals surface area contributed by atoms with Crippen LogP contribution in [0.5, 0.6) is 0 Å². The fraction of sp³-hybridized carbons (Fsp3) is 0.294. The van der Waals surface area contributed by atoms with Crippen LogP contribution in [0.4, 0.5) is 13.2 Å². The molecule has 1 heterocycles. The predicted octanol–water partition coefficient (Wildman–Crippen LogP) is 3.75. The van der Waals surface area contributed by atoms with Crippen LogP contribution >= 0.6 is 15.9 Å². The Morgan fingerprint density at radius 2 is 1.85 bits per heavy atom. The Morgan fingerprint density at radius 3 is 2.42 bits per heavy atom. The number of carbonyl (C=O) groups is 2. The molecular formula is C17H16BrF3N2O3. The molecule has 1 aromatic heterocycles. The summed E-state index contributed by atoms with van der Waals surface area (Å²) in [6.45, 7) is -1.74. The topological polar surface area (TPSA) is 62.6 Å². The van der Waals surface area contributed by atoms with Gasteiger partial charge in [-0.25, -0.2) is 0 Å². The van der Waals surface area contributed by atoms with E-state index in [-0.39, 0.29) is 25.3 Å². The summed E-state index contributed by atoms with van der Waals surface area (Å²) in [7, 11) is 0. The summed E-state index contributed by atoms with van der Waals surface area (Å²) in [4.78, 5) is 24.7. The van der Waals surface area contributed by atoms with Crippen LogP contribution in [0.1, 0.15) is 22.5 Å². The maximum absolute atomic E-state index is 12.7. The number of hydrogen-bond acceptors (Lipinski definition) is 3. The Kier molecular flexibility index (Phi) is 6.84. The number of rotatable bonds is 7. The molecule has 0 aliphatic carbocycles. The monoisotopic (exact) mass is 432 g/mol. The van der Waals surface area contributed by atoms with Crippen molar-refractivity contribution in [2.24, 2.45) is 0 Å². The Balaban J connectivity index is 1.89. The number of furan rings is 1. The van der Waals surface area contributed by atoms with Gasteiger partial charge in [0, 0.05) is 23.0 Å². The first-order chi connectivity index (χ1) is 12.2. The van der Waals surface area contributed by atoms with Gasteiger partial charge in [-0.15, -0.1) is 0 Å². The molecule has 2 amide bonds. The molecule has 0 atom stereocenters. The molecule has 0 aliphatic heterocycles. The third-order valence-electron chi connectivity index (χ3n) is 3.38. The van der Waals surface area contributed by atoms with Gasteiger partial charge in [-0.2, -0.15) is 13.2 Å². The van der Waals surface area contributed by atoms with Crippen molar-refractivity contribution >= 4 is 27.7 Å². The highest BCUT2D eigenvalue weighted by atomic mass is 79.9. The first-order valence-electron chi connectivity index (χ1n) is 7.65. The fourth-order valence-corrected chi connectivity index (χ4v) is 2.45. The predicted molar refractivity (Wildman–Crippen MR) is 91.3 cm³/mol. The van der Waals surface area contributed by atoms with Crippen molar-refractivity contribution in [3.05, 3.63) is 58.5 Å². The minimum atomic E-state index is -4.52. The minimum Gasteiger partial charge on any atom is -0.467 e. The molecule has 0 fully saturated rings. The lowest BCUT2D eigenvalue weighted by molar-refractivity contribution is -0.162. The van der Waals surface area contributed by atoms with E-state index in [0.29, 0.717) is 10.5 Å². The van der Waals surface area contributed by atoms with Crippen molar-refractivity contribution in [1.29, 1.82) is 0 Å². The second-order valence-electron chi connectivity index (χ2n) is 5.46. The summed E-state index contributed by atoms with van der Waals surface area (Å²) in [6, 6.07) is 9.58. The summed E-state index contributed by atoms with van der Waals surface area (Å²) < 4.78 is 43.9. The zero-order chi connectivity index (χ0) is 19.2. The maximum atomic E-state index is 12.7. The van der Waals surface area contributed by atoms with E-state index in [1.165, 1.54) is 18.4 Å². The number of nitrogens with zero attached hydrogens (tertiary/aromatic N) is 1. The molecule has 2 aromatic rings. The number of amides is 2. The van der Waals surface area contributed by atoms with E-state index >= 15 is 0 Å². The van der Waals surface area contributed by atoms with Crippen LogP contribution in [-0.2, 0) is 11.3 Å². The zero-order valence-corrected chi connectivity index (χ0v) is 15.1. The molecule has 1 aromatic carbocycles. The summed E-state index contributed by atoms with van der Waals surface area (Å²) in [5.41, 5.74) is 0.392. The summed E-state index contributed by atoms with van der Waals surface area (Å²) in [5, 5.41) is 2.52. The summed E-state index contributed by atoms with van der Waals surface area (Å²) in [5.74, 6) is -0.880. The van der Waals surface area contributed by atoms with Crippen molar-refractivity contribution in [1.82, 2.24) is 10.2 Å². The van der Waals surface area contributed by atoms with Crippen LogP contribution in [0.15, 0.2) is 51.6 Å². The van der Waals surface area contributed by atoms with E-state index < -0.39 is 24.5 Å². The van der Waals surface area contributed by atoms with Gasteiger partial charge in [0.2, 0.25) is 5.91 Å². The average Bonchev–Trinajstić information content (AvgIpc) is 3.06. The van der Waals surface area contributed by atoms with Crippen LogP contribution in [0, 0.1) is 0 Å². The number of carbonyl (C=O) groups excluding carboxylic acids is 2. The lowest BCUT2D eigenvalue weighted by Gasteiger charge is -2.23. The molecular weight excluding hydrogens is 417 g/mol. The molecule has 0 radical (unpaired) electrons. The van der Waals surface area contributed by atoms with Crippen LogP contribution in [0.3, 0.4) is 0 Å². The van der Waals surface area contributed by atoms with Gasteiger partial charge in [-0.1, -0.05) is 15.9 Å². The van der Waals surface area contributed by atoms with Crippen LogP contribution in [-0.4, -0.2) is 36.0 Å². The first-order valence-corrected chi connectivity index (χ1v) is 8.44. The molecule has 0 saturated heterocycles. The van der Waals surface area contributed by atoms with Crippen LogP contribution < -0.4 is 5.32 Å². The minimum absolute atomic E-state index is 0.0692. The van der Waals surface area contributed by atoms with Gasteiger partial charge in [0.15, 0.2) is 0 Å². The van der Waals surface area contributed by atoms with Gasteiger partial charge in [0.1, 0.15) is 12.3 Å². The average molecular weight is 433 g/mol. The molecule has 0 spiro atoms. The largest absolute Gasteiger partial charge is 0.467 e. The van der Waals surface area contributed by atoms with Gasteiger partial charge in [0.25, 0.3) is 5.91 Å². The van der Waals surface area contributed by atoms with Crippen molar-refractivity contribution in [3.63, 3.8) is 0 Å². The first kappa shape index (κ1) is 20.0. The van der Waals surface area contributed by atoms with Gasteiger partial charge in [-0.05, 0) is 36.4 Å². The van der Waals surface area contributed by atoms with Crippen molar-refractivity contribution < 1.29 is 27.2 Å². The maximum Gasteiger partial charge on any atom is 0.406 e. The number of hydrogen-bond donors (Lipinski definition) is 1. The van der Waals surface area contributed by atoms with E-state index in [9.17, 15) is 22.8 Å². The lowest BCUT2D eigenvalue weighted by atomic mass is 10.2. The van der Waals surface area contributed by atoms with Gasteiger partial charge < -0.3 is 14.6 Å². The Labute approximate surface area is 156 Å². The summed E-state index contributed by atoms with van der Waals surface area (Å²) >= 11 is 3.25. The Morgan fingerprint density at radius 1 is 1.15 bits per heavy atom. The molecule has 1 N–H and O–H groups in total. The normalized spacial score (nSPS) is 11.2. The highest BCUT2D eigenvalue weighted by molar-refractivity contribution is 9.10. The SMILES string of the molecule is O=C(NCCC(=O)N(Cc1ccco1)CC(F)(F)F)c1ccc(Br)cc1. The number of nitrogens with one attached hydrogen (secondary N) is 1. The van der Waals surface area contributed by atoms with E-state index in [0.717, 1.165) is 4.47 Å². The smallest absolute Gasteiger partial charge is 0.406 e. The third-order valence-corrected chi connectivity index (χ3v) is 3.91. The van der Waals surface area contributed by atoms with Gasteiger partial charge >= 0.3 is 6.18 Å². The van der Waals surface area contributed by atoms with E-state index in [1.807, 2.05) is 0 Å². The molecule has 9 heteroatoms. The van der Waals surface area contributed by atoms with E-state index in [2.05, 4.69) is 21.2 Å². The molecule has 5 nitrogen and oxygen atoms in total. The molecule has 0 aliphatic rings. The molecule has 26 heavy (non-hydrogen) atoms. The van der Waals surface area contributed by atoms with E-state index in [1.54, 1.807) is 24.3 Å². The number of benzene rings is 1. The van der Waals surface area contributed by atoms with Crippen molar-refractivity contribution in [2.45, 2.75) is 19.1 Å². The van der Waals surface area contributed by atoms with Gasteiger partial charge in [-0.3, -0.25) is 9.59 Å². The van der Waals surface area contributed by atoms with Crippen molar-refractivity contribution in [3.8, 4) is 0 Å². The van der Waals surface area contributed by atoms with E-state index in [4.69, 9.17) is 4.42 Å². The molecule has 140 valence electrons. The second kappa shape index (κ2) is 8.88. The lowest BCUT2D eigenvalue weighted by Crippen LogP contribution is -2.40. The van der Waals surface area contributed by atoms with Crippen LogP contribution in [0.25, 0.3) is 0 Å². The number of alkyl halides is 3. The Hall–Kier alpha value is -2.29. The third kappa shape index (κ3) is 6.55.